The smallest absolute Gasteiger partial charge is 0.407 e. The molecule has 1 atom stereocenters. The lowest BCUT2D eigenvalue weighted by molar-refractivity contribution is 0.0468. The summed E-state index contributed by atoms with van der Waals surface area (Å²) in [4.78, 5) is 49.3. The van der Waals surface area contributed by atoms with Crippen molar-refractivity contribution in [2.45, 2.75) is 59.2 Å². The second-order valence-electron chi connectivity index (χ2n) is 8.53. The Kier molecular flexibility index (Phi) is 9.00. The van der Waals surface area contributed by atoms with Crippen LogP contribution in [0.3, 0.4) is 0 Å². The van der Waals surface area contributed by atoms with Gasteiger partial charge in [-0.05, 0) is 51.0 Å². The summed E-state index contributed by atoms with van der Waals surface area (Å²) >= 11 is 0. The zero-order valence-electron chi connectivity index (χ0n) is 20.1. The molecule has 0 saturated carbocycles. The molecule has 0 aliphatic carbocycles. The van der Waals surface area contributed by atoms with Crippen LogP contribution in [0.4, 0.5) is 9.18 Å². The molecule has 0 saturated heterocycles. The Morgan fingerprint density at radius 1 is 1.09 bits per heavy atom. The fourth-order valence-electron chi connectivity index (χ4n) is 3.46. The Balaban J connectivity index is 0.00000199. The fraction of sp³-hybridized carbons (Fsp3) is 0.400. The summed E-state index contributed by atoms with van der Waals surface area (Å²) in [6, 6.07) is 10.0. The molecule has 34 heavy (non-hydrogen) atoms. The van der Waals surface area contributed by atoms with Crippen molar-refractivity contribution in [3.05, 3.63) is 75.4 Å². The number of nitrogens with zero attached hydrogens (tertiary/aromatic N) is 2. The molecule has 2 aromatic rings. The number of fused-ring (bicyclic) bond motifs is 1. The number of rotatable bonds is 7. The first-order valence-corrected chi connectivity index (χ1v) is 11.1. The number of alkyl carbamates (subject to hydrolysis) is 1. The zero-order valence-corrected chi connectivity index (χ0v) is 20.1. The number of hydrogen-bond acceptors (Lipinski definition) is 6. The lowest BCUT2D eigenvalue weighted by atomic mass is 10.0. The molecular formula is C25H30FN3O5. The van der Waals surface area contributed by atoms with E-state index in [0.29, 0.717) is 16.7 Å². The van der Waals surface area contributed by atoms with Crippen molar-refractivity contribution in [1.29, 1.82) is 0 Å². The molecule has 1 unspecified atom stereocenters. The number of hydrogen-bond donors (Lipinski definition) is 1. The van der Waals surface area contributed by atoms with Crippen molar-refractivity contribution in [3.63, 3.8) is 0 Å². The normalized spacial score (nSPS) is 13.5. The van der Waals surface area contributed by atoms with Crippen molar-refractivity contribution in [1.82, 2.24) is 10.2 Å². The van der Waals surface area contributed by atoms with Gasteiger partial charge in [-0.3, -0.25) is 14.5 Å². The Morgan fingerprint density at radius 3 is 2.18 bits per heavy atom. The van der Waals surface area contributed by atoms with Crippen LogP contribution in [0.1, 0.15) is 66.5 Å². The molecular weight excluding hydrogens is 441 g/mol. The Morgan fingerprint density at radius 2 is 1.68 bits per heavy atom. The molecule has 1 aliphatic rings. The first-order chi connectivity index (χ1) is 16.1. The van der Waals surface area contributed by atoms with Gasteiger partial charge in [0.1, 0.15) is 18.0 Å². The molecule has 0 bridgehead atoms. The number of halogens is 1. The van der Waals surface area contributed by atoms with E-state index < -0.39 is 35.4 Å². The molecule has 1 heterocycles. The first-order valence-electron chi connectivity index (χ1n) is 11.1. The predicted molar refractivity (Wildman–Crippen MR) is 126 cm³/mol. The van der Waals surface area contributed by atoms with Gasteiger partial charge < -0.3 is 10.1 Å². The highest BCUT2D eigenvalue weighted by molar-refractivity contribution is 6.21. The highest BCUT2D eigenvalue weighted by atomic mass is 19.1. The van der Waals surface area contributed by atoms with Crippen LogP contribution in [-0.2, 0) is 17.7 Å². The summed E-state index contributed by atoms with van der Waals surface area (Å²) in [6.45, 7) is 8.72. The number of benzene rings is 2. The predicted octanol–water partition coefficient (Wildman–Crippen LogP) is 4.85. The average Bonchev–Trinajstić information content (AvgIpc) is 3.01. The van der Waals surface area contributed by atoms with E-state index in [0.717, 1.165) is 4.90 Å². The van der Waals surface area contributed by atoms with Crippen LogP contribution in [0, 0.1) is 10.7 Å². The molecule has 9 heteroatoms. The van der Waals surface area contributed by atoms with Crippen molar-refractivity contribution in [2.75, 3.05) is 6.54 Å². The van der Waals surface area contributed by atoms with E-state index in [4.69, 9.17) is 4.74 Å². The van der Waals surface area contributed by atoms with Gasteiger partial charge in [0.2, 0.25) is 0 Å². The van der Waals surface area contributed by atoms with Gasteiger partial charge in [-0.15, -0.1) is 0 Å². The molecule has 8 nitrogen and oxygen atoms in total. The van der Waals surface area contributed by atoms with Crippen LogP contribution in [0.2, 0.25) is 0 Å². The molecule has 2 aromatic carbocycles. The minimum Gasteiger partial charge on any atom is -0.444 e. The number of ether oxygens (including phenoxy) is 1. The van der Waals surface area contributed by atoms with E-state index in [1.807, 2.05) is 13.8 Å². The third-order valence-corrected chi connectivity index (χ3v) is 4.84. The number of carbonyl (C=O) groups is 3. The van der Waals surface area contributed by atoms with Gasteiger partial charge in [-0.25, -0.2) is 9.18 Å². The van der Waals surface area contributed by atoms with E-state index in [-0.39, 0.29) is 25.1 Å². The second kappa shape index (κ2) is 11.5. The fourth-order valence-corrected chi connectivity index (χ4v) is 3.46. The summed E-state index contributed by atoms with van der Waals surface area (Å²) in [6.07, 6.45) is -0.598. The maximum Gasteiger partial charge on any atom is 0.407 e. The van der Waals surface area contributed by atoms with Crippen molar-refractivity contribution >= 4 is 17.9 Å². The molecule has 1 N–H and O–H groups in total. The molecule has 0 aromatic heterocycles. The van der Waals surface area contributed by atoms with E-state index in [9.17, 15) is 23.7 Å². The van der Waals surface area contributed by atoms with Crippen LogP contribution in [0.25, 0.3) is 0 Å². The molecule has 1 aliphatic heterocycles. The van der Waals surface area contributed by atoms with Crippen molar-refractivity contribution < 1.29 is 23.5 Å². The van der Waals surface area contributed by atoms with Gasteiger partial charge >= 0.3 is 6.09 Å². The van der Waals surface area contributed by atoms with Gasteiger partial charge in [0.25, 0.3) is 11.8 Å². The van der Waals surface area contributed by atoms with Crippen LogP contribution >= 0.6 is 0 Å². The SMILES string of the molecule is CC.CC(C)(C)OC(=O)NC(Cc1ccc(CN=O)c(F)c1)CN1C(=O)c2ccccc2C1=O. The number of nitrogens with one attached hydrogen (secondary N) is 1. The van der Waals surface area contributed by atoms with E-state index in [1.165, 1.54) is 12.1 Å². The first kappa shape index (κ1) is 26.6. The summed E-state index contributed by atoms with van der Waals surface area (Å²) in [5.74, 6) is -1.51. The zero-order chi connectivity index (χ0) is 25.5. The van der Waals surface area contributed by atoms with Crippen molar-refractivity contribution in [2.24, 2.45) is 5.18 Å². The molecule has 0 fully saturated rings. The number of imide groups is 1. The van der Waals surface area contributed by atoms with Crippen LogP contribution < -0.4 is 5.32 Å². The van der Waals surface area contributed by atoms with Gasteiger partial charge in [-0.1, -0.05) is 43.3 Å². The van der Waals surface area contributed by atoms with Crippen LogP contribution in [0.15, 0.2) is 47.6 Å². The lowest BCUT2D eigenvalue weighted by Crippen LogP contribution is -2.48. The second-order valence-corrected chi connectivity index (χ2v) is 8.53. The summed E-state index contributed by atoms with van der Waals surface area (Å²) < 4.78 is 19.6. The maximum absolute atomic E-state index is 14.3. The summed E-state index contributed by atoms with van der Waals surface area (Å²) in [5.41, 5.74) is 0.505. The van der Waals surface area contributed by atoms with Crippen LogP contribution in [0.5, 0.6) is 0 Å². The average molecular weight is 472 g/mol. The highest BCUT2D eigenvalue weighted by Crippen LogP contribution is 2.23. The molecule has 0 spiro atoms. The van der Waals surface area contributed by atoms with E-state index >= 15 is 0 Å². The molecule has 3 amide bonds. The topological polar surface area (TPSA) is 105 Å². The monoisotopic (exact) mass is 471 g/mol. The number of nitroso groups, excluding NO2 is 1. The van der Waals surface area contributed by atoms with Crippen LogP contribution in [-0.4, -0.2) is 41.0 Å². The van der Waals surface area contributed by atoms with Crippen molar-refractivity contribution in [3.8, 4) is 0 Å². The minimum atomic E-state index is -0.750. The number of carbonyl (C=O) groups excluding carboxylic acids is 3. The summed E-state index contributed by atoms with van der Waals surface area (Å²) in [7, 11) is 0. The third kappa shape index (κ3) is 6.69. The van der Waals surface area contributed by atoms with Gasteiger partial charge in [0, 0.05) is 5.56 Å². The Bertz CT molecular complexity index is 1030. The third-order valence-electron chi connectivity index (χ3n) is 4.84. The van der Waals surface area contributed by atoms with Gasteiger partial charge in [0.15, 0.2) is 0 Å². The Hall–Kier alpha value is -3.62. The quantitative estimate of drug-likeness (QED) is 0.459. The standard InChI is InChI=1S/C23H24FN3O5.C2H6/c1-23(2,3)32-22(30)26-16(10-14-8-9-15(12-25-31)19(24)11-14)13-27-20(28)17-6-4-5-7-18(17)21(27)29;1-2/h4-9,11,16H,10,12-13H2,1-3H3,(H,26,30);1-2H3. The van der Waals surface area contributed by atoms with Gasteiger partial charge in [0.05, 0.1) is 23.7 Å². The van der Waals surface area contributed by atoms with E-state index in [2.05, 4.69) is 10.5 Å². The largest absolute Gasteiger partial charge is 0.444 e. The highest BCUT2D eigenvalue weighted by Gasteiger charge is 2.37. The van der Waals surface area contributed by atoms with E-state index in [1.54, 1.807) is 51.1 Å². The number of amides is 3. The summed E-state index contributed by atoms with van der Waals surface area (Å²) in [5, 5.41) is 5.37. The molecule has 0 radical (unpaired) electrons. The lowest BCUT2D eigenvalue weighted by Gasteiger charge is -2.26. The molecule has 182 valence electrons. The minimum absolute atomic E-state index is 0.120. The Labute approximate surface area is 198 Å². The maximum atomic E-state index is 14.3. The molecule has 3 rings (SSSR count). The van der Waals surface area contributed by atoms with Gasteiger partial charge in [-0.2, -0.15) is 4.91 Å².